The van der Waals surface area contributed by atoms with Gasteiger partial charge in [0.25, 0.3) is 0 Å². The van der Waals surface area contributed by atoms with Gasteiger partial charge in [-0.1, -0.05) is 31.4 Å². The normalized spacial score (nSPS) is 21.7. The van der Waals surface area contributed by atoms with Gasteiger partial charge in [-0.05, 0) is 49.9 Å². The molecule has 2 aromatic heterocycles. The first-order chi connectivity index (χ1) is 14.2. The third kappa shape index (κ3) is 3.17. The smallest absolute Gasteiger partial charge is 0.225 e. The van der Waals surface area contributed by atoms with Crippen molar-refractivity contribution in [1.29, 1.82) is 0 Å². The van der Waals surface area contributed by atoms with Gasteiger partial charge in [-0.2, -0.15) is 0 Å². The third-order valence-corrected chi connectivity index (χ3v) is 7.11. The Balaban J connectivity index is 1.43. The van der Waals surface area contributed by atoms with E-state index in [1.54, 1.807) is 0 Å². The Bertz CT molecular complexity index is 997. The van der Waals surface area contributed by atoms with Gasteiger partial charge < -0.3 is 14.0 Å². The first kappa shape index (κ1) is 18.5. The van der Waals surface area contributed by atoms with Crippen LogP contribution in [0.1, 0.15) is 63.2 Å². The molecule has 1 aliphatic carbocycles. The predicted octanol–water partition coefficient (Wildman–Crippen LogP) is 4.79. The largest absolute Gasteiger partial charge is 0.348 e. The van der Waals surface area contributed by atoms with Crippen LogP contribution < -0.4 is 0 Å². The molecule has 0 bridgehead atoms. The molecule has 0 spiro atoms. The molecule has 3 heterocycles. The van der Waals surface area contributed by atoms with Gasteiger partial charge in [0.15, 0.2) is 0 Å². The van der Waals surface area contributed by atoms with Crippen molar-refractivity contribution in [2.45, 2.75) is 62.9 Å². The first-order valence-electron chi connectivity index (χ1n) is 11.0. The minimum atomic E-state index is -0.0572. The molecule has 29 heavy (non-hydrogen) atoms. The van der Waals surface area contributed by atoms with E-state index in [0.717, 1.165) is 49.1 Å². The van der Waals surface area contributed by atoms with E-state index in [1.165, 1.54) is 19.3 Å². The van der Waals surface area contributed by atoms with E-state index in [4.69, 9.17) is 4.98 Å². The molecule has 1 atom stereocenters. The Morgan fingerprint density at radius 1 is 1.07 bits per heavy atom. The van der Waals surface area contributed by atoms with E-state index in [1.807, 2.05) is 6.07 Å². The summed E-state index contributed by atoms with van der Waals surface area (Å²) in [6.07, 6.45) is 12.8. The molecule has 2 aliphatic rings. The summed E-state index contributed by atoms with van der Waals surface area (Å²) >= 11 is 0. The van der Waals surface area contributed by atoms with Crippen LogP contribution in [-0.4, -0.2) is 31.5 Å². The number of imidazole rings is 1. The summed E-state index contributed by atoms with van der Waals surface area (Å²) in [5.74, 6) is 1.31. The predicted molar refractivity (Wildman–Crippen MR) is 115 cm³/mol. The number of carbonyl (C=O) groups excluding carboxylic acids is 1. The molecule has 1 aliphatic heterocycles. The summed E-state index contributed by atoms with van der Waals surface area (Å²) in [6.45, 7) is 0.842. The van der Waals surface area contributed by atoms with Crippen LogP contribution in [0.3, 0.4) is 0 Å². The Morgan fingerprint density at radius 2 is 1.83 bits per heavy atom. The van der Waals surface area contributed by atoms with Crippen molar-refractivity contribution in [2.24, 2.45) is 7.05 Å². The molecule has 1 amide bonds. The van der Waals surface area contributed by atoms with Crippen molar-refractivity contribution in [3.05, 3.63) is 54.6 Å². The van der Waals surface area contributed by atoms with Gasteiger partial charge in [0, 0.05) is 26.0 Å². The zero-order valence-corrected chi connectivity index (χ0v) is 17.3. The van der Waals surface area contributed by atoms with Crippen molar-refractivity contribution in [2.75, 3.05) is 6.54 Å². The topological polar surface area (TPSA) is 43.1 Å². The fraction of sp³-hybridized carbons (Fsp3) is 0.500. The minimum Gasteiger partial charge on any atom is -0.348 e. The van der Waals surface area contributed by atoms with E-state index in [9.17, 15) is 4.79 Å². The first-order valence-corrected chi connectivity index (χ1v) is 11.0. The maximum Gasteiger partial charge on any atom is 0.225 e. The lowest BCUT2D eigenvalue weighted by Crippen LogP contribution is -2.42. The number of benzene rings is 1. The zero-order valence-electron chi connectivity index (χ0n) is 17.3. The highest BCUT2D eigenvalue weighted by Crippen LogP contribution is 2.40. The SMILES string of the molecule is Cn1c(C2CCCN2C(=O)CC2(n3cccc3)CCCCC2)nc2ccccc21. The summed E-state index contributed by atoms with van der Waals surface area (Å²) < 4.78 is 4.48. The maximum atomic E-state index is 13.6. The number of aryl methyl sites for hydroxylation is 1. The van der Waals surface area contributed by atoms with Crippen LogP contribution in [0.2, 0.25) is 0 Å². The number of amides is 1. The van der Waals surface area contributed by atoms with Crippen LogP contribution in [-0.2, 0) is 17.4 Å². The van der Waals surface area contributed by atoms with Crippen molar-refractivity contribution >= 4 is 16.9 Å². The average Bonchev–Trinajstić information content (AvgIpc) is 3.49. The van der Waals surface area contributed by atoms with Crippen LogP contribution in [0.25, 0.3) is 11.0 Å². The van der Waals surface area contributed by atoms with Crippen LogP contribution >= 0.6 is 0 Å². The summed E-state index contributed by atoms with van der Waals surface area (Å²) in [5.41, 5.74) is 2.09. The maximum absolute atomic E-state index is 13.6. The Hall–Kier alpha value is -2.56. The Morgan fingerprint density at radius 3 is 2.59 bits per heavy atom. The van der Waals surface area contributed by atoms with Crippen LogP contribution in [0.4, 0.5) is 0 Å². The quantitative estimate of drug-likeness (QED) is 0.643. The van der Waals surface area contributed by atoms with Crippen molar-refractivity contribution in [3.63, 3.8) is 0 Å². The van der Waals surface area contributed by atoms with Crippen LogP contribution in [0, 0.1) is 0 Å². The number of likely N-dealkylation sites (tertiary alicyclic amines) is 1. The molecular weight excluding hydrogens is 360 g/mol. The number of hydrogen-bond donors (Lipinski definition) is 0. The molecule has 1 saturated heterocycles. The second-order valence-electron chi connectivity index (χ2n) is 8.81. The highest BCUT2D eigenvalue weighted by Gasteiger charge is 2.40. The Labute approximate surface area is 172 Å². The lowest BCUT2D eigenvalue weighted by Gasteiger charge is -2.40. The van der Waals surface area contributed by atoms with E-state index >= 15 is 0 Å². The number of rotatable bonds is 4. The van der Waals surface area contributed by atoms with E-state index < -0.39 is 0 Å². The van der Waals surface area contributed by atoms with Gasteiger partial charge >= 0.3 is 0 Å². The lowest BCUT2D eigenvalue weighted by molar-refractivity contribution is -0.135. The molecule has 1 aromatic carbocycles. The van der Waals surface area contributed by atoms with Gasteiger partial charge in [-0.25, -0.2) is 4.98 Å². The van der Waals surface area contributed by atoms with Gasteiger partial charge in [-0.15, -0.1) is 0 Å². The van der Waals surface area contributed by atoms with Crippen molar-refractivity contribution in [3.8, 4) is 0 Å². The lowest BCUT2D eigenvalue weighted by atomic mass is 9.78. The number of aromatic nitrogens is 3. The van der Waals surface area contributed by atoms with Gasteiger partial charge in [0.2, 0.25) is 5.91 Å². The minimum absolute atomic E-state index is 0.0572. The molecule has 5 nitrogen and oxygen atoms in total. The van der Waals surface area contributed by atoms with Gasteiger partial charge in [-0.3, -0.25) is 4.79 Å². The molecular formula is C24H30N4O. The number of nitrogens with zero attached hydrogens (tertiary/aromatic N) is 4. The van der Waals surface area contributed by atoms with E-state index in [2.05, 4.69) is 63.8 Å². The molecule has 1 saturated carbocycles. The van der Waals surface area contributed by atoms with Crippen LogP contribution in [0.5, 0.6) is 0 Å². The van der Waals surface area contributed by atoms with Crippen molar-refractivity contribution in [1.82, 2.24) is 19.0 Å². The van der Waals surface area contributed by atoms with E-state index in [0.29, 0.717) is 6.42 Å². The molecule has 2 fully saturated rings. The number of hydrogen-bond acceptors (Lipinski definition) is 2. The summed E-state index contributed by atoms with van der Waals surface area (Å²) in [7, 11) is 2.08. The van der Waals surface area contributed by atoms with Gasteiger partial charge in [0.05, 0.1) is 29.0 Å². The zero-order chi connectivity index (χ0) is 19.8. The standard InChI is InChI=1S/C24H30N4O/c1-26-20-11-4-3-10-19(20)25-23(26)21-12-9-17-28(21)22(29)18-24(13-5-2-6-14-24)27-15-7-8-16-27/h3-4,7-8,10-11,15-16,21H,2,5-6,9,12-14,17-18H2,1H3. The average molecular weight is 391 g/mol. The molecule has 5 rings (SSSR count). The third-order valence-electron chi connectivity index (χ3n) is 7.11. The summed E-state index contributed by atoms with van der Waals surface area (Å²) in [6, 6.07) is 12.5. The second-order valence-corrected chi connectivity index (χ2v) is 8.81. The fourth-order valence-corrected chi connectivity index (χ4v) is 5.57. The fourth-order valence-electron chi connectivity index (χ4n) is 5.57. The molecule has 1 unspecified atom stereocenters. The number of fused-ring (bicyclic) bond motifs is 1. The highest BCUT2D eigenvalue weighted by atomic mass is 16.2. The Kier molecular flexibility index (Phi) is 4.69. The van der Waals surface area contributed by atoms with Crippen LogP contribution in [0.15, 0.2) is 48.8 Å². The molecule has 3 aromatic rings. The van der Waals surface area contributed by atoms with Gasteiger partial charge in [0.1, 0.15) is 5.82 Å². The molecule has 0 N–H and O–H groups in total. The molecule has 0 radical (unpaired) electrons. The summed E-state index contributed by atoms with van der Waals surface area (Å²) in [5, 5.41) is 0. The van der Waals surface area contributed by atoms with E-state index in [-0.39, 0.29) is 17.5 Å². The van der Waals surface area contributed by atoms with Crippen molar-refractivity contribution < 1.29 is 4.79 Å². The highest BCUT2D eigenvalue weighted by molar-refractivity contribution is 5.79. The monoisotopic (exact) mass is 390 g/mol. The second kappa shape index (κ2) is 7.36. The summed E-state index contributed by atoms with van der Waals surface area (Å²) in [4.78, 5) is 20.6. The number of para-hydroxylation sites is 2. The molecule has 5 heteroatoms. The molecule has 152 valence electrons. The number of carbonyl (C=O) groups is 1.